The topological polar surface area (TPSA) is 237 Å². The number of nitrogens with one attached hydrogen (secondary N) is 3. The van der Waals surface area contributed by atoms with Crippen molar-refractivity contribution in [3.63, 3.8) is 0 Å². The average molecular weight is 374 g/mol. The van der Waals surface area contributed by atoms with Gasteiger partial charge in [-0.05, 0) is 6.92 Å². The zero-order valence-electron chi connectivity index (χ0n) is 14.0. The van der Waals surface area contributed by atoms with Gasteiger partial charge >= 0.3 is 5.97 Å². The number of amides is 5. The number of carboxylic acid groups (broad SMARTS) is 1. The van der Waals surface area contributed by atoms with Gasteiger partial charge in [-0.3, -0.25) is 28.8 Å². The lowest BCUT2D eigenvalue weighted by atomic mass is 10.1. The summed E-state index contributed by atoms with van der Waals surface area (Å²) in [6.45, 7) is 0.583. The Balaban J connectivity index is 5.20. The third-order valence-electron chi connectivity index (χ3n) is 2.90. The molecule has 13 nitrogen and oxygen atoms in total. The second kappa shape index (κ2) is 10.6. The van der Waals surface area contributed by atoms with E-state index in [9.17, 15) is 28.8 Å². The summed E-state index contributed by atoms with van der Waals surface area (Å²) in [7, 11) is 0. The summed E-state index contributed by atoms with van der Waals surface area (Å²) in [5.74, 6) is -5.97. The smallest absolute Gasteiger partial charge is 0.322 e. The first-order valence-corrected chi connectivity index (χ1v) is 7.36. The summed E-state index contributed by atoms with van der Waals surface area (Å²) in [6.07, 6.45) is -1.23. The summed E-state index contributed by atoms with van der Waals surface area (Å²) in [6, 6.07) is -3.95. The van der Waals surface area contributed by atoms with Crippen molar-refractivity contribution in [2.45, 2.75) is 37.9 Å². The highest BCUT2D eigenvalue weighted by Crippen LogP contribution is 1.98. The van der Waals surface area contributed by atoms with E-state index < -0.39 is 73.0 Å². The van der Waals surface area contributed by atoms with E-state index in [0.29, 0.717) is 0 Å². The number of hydrogen-bond donors (Lipinski definition) is 7. The van der Waals surface area contributed by atoms with Crippen LogP contribution in [0.3, 0.4) is 0 Å². The molecule has 0 unspecified atom stereocenters. The molecule has 0 heterocycles. The number of nitrogens with two attached hydrogens (primary N) is 3. The molecule has 0 bridgehead atoms. The van der Waals surface area contributed by atoms with Crippen molar-refractivity contribution in [3.05, 3.63) is 0 Å². The molecule has 13 heteroatoms. The predicted molar refractivity (Wildman–Crippen MR) is 85.8 cm³/mol. The third-order valence-corrected chi connectivity index (χ3v) is 2.90. The lowest BCUT2D eigenvalue weighted by molar-refractivity contribution is -0.139. The van der Waals surface area contributed by atoms with Gasteiger partial charge in [-0.25, -0.2) is 0 Å². The van der Waals surface area contributed by atoms with Crippen LogP contribution in [0.25, 0.3) is 0 Å². The Bertz CT molecular complexity index is 592. The molecule has 26 heavy (non-hydrogen) atoms. The van der Waals surface area contributed by atoms with Crippen LogP contribution in [-0.2, 0) is 28.8 Å². The van der Waals surface area contributed by atoms with E-state index in [0.717, 1.165) is 0 Å². The normalized spacial score (nSPS) is 13.6. The molecule has 0 saturated carbocycles. The van der Waals surface area contributed by atoms with Gasteiger partial charge in [-0.2, -0.15) is 0 Å². The van der Waals surface area contributed by atoms with E-state index in [-0.39, 0.29) is 0 Å². The van der Waals surface area contributed by atoms with Gasteiger partial charge in [-0.1, -0.05) is 0 Å². The van der Waals surface area contributed by atoms with Gasteiger partial charge in [0.15, 0.2) is 0 Å². The first kappa shape index (κ1) is 22.8. The fourth-order valence-corrected chi connectivity index (χ4v) is 1.68. The Morgan fingerprint density at radius 2 is 1.27 bits per heavy atom. The van der Waals surface area contributed by atoms with Gasteiger partial charge in [0.1, 0.15) is 18.6 Å². The standard InChI is InChI=1S/C13H22N6O7/c1-5(14)11(24)18-7(3-9(16)21)13(26)19-6(2-8(15)20)12(25)17-4-10(22)23/h5-7H,2-4,14H2,1H3,(H2,15,20)(H2,16,21)(H,17,25)(H,18,24)(H,19,26)(H,22,23)/t5-,6-,7-/m0/s1. The van der Waals surface area contributed by atoms with Crippen LogP contribution >= 0.6 is 0 Å². The number of aliphatic carboxylic acids is 1. The minimum absolute atomic E-state index is 0.593. The average Bonchev–Trinajstić information content (AvgIpc) is 2.49. The van der Waals surface area contributed by atoms with Crippen molar-refractivity contribution in [3.8, 4) is 0 Å². The maximum Gasteiger partial charge on any atom is 0.322 e. The van der Waals surface area contributed by atoms with Crippen LogP contribution in [0.2, 0.25) is 0 Å². The summed E-state index contributed by atoms with van der Waals surface area (Å²) in [5, 5.41) is 14.8. The number of carbonyl (C=O) groups is 6. The Labute approximate surface area is 148 Å². The fraction of sp³-hybridized carbons (Fsp3) is 0.538. The van der Waals surface area contributed by atoms with Gasteiger partial charge in [0.05, 0.1) is 18.9 Å². The molecule has 0 aliphatic carbocycles. The molecule has 0 spiro atoms. The molecule has 0 fully saturated rings. The molecule has 0 radical (unpaired) electrons. The van der Waals surface area contributed by atoms with Crippen molar-refractivity contribution in [2.75, 3.05) is 6.54 Å². The lowest BCUT2D eigenvalue weighted by Gasteiger charge is -2.22. The summed E-state index contributed by atoms with van der Waals surface area (Å²) in [4.78, 5) is 68.4. The second-order valence-electron chi connectivity index (χ2n) is 5.36. The van der Waals surface area contributed by atoms with E-state index in [1.807, 2.05) is 5.32 Å². The van der Waals surface area contributed by atoms with Crippen LogP contribution in [0.5, 0.6) is 0 Å². The number of rotatable bonds is 11. The predicted octanol–water partition coefficient (Wildman–Crippen LogP) is -4.75. The molecule has 0 aromatic heterocycles. The minimum Gasteiger partial charge on any atom is -0.480 e. The van der Waals surface area contributed by atoms with E-state index in [1.165, 1.54) is 6.92 Å². The largest absolute Gasteiger partial charge is 0.480 e. The van der Waals surface area contributed by atoms with Gasteiger partial charge in [0.2, 0.25) is 29.5 Å². The monoisotopic (exact) mass is 374 g/mol. The molecule has 0 aliphatic rings. The fourth-order valence-electron chi connectivity index (χ4n) is 1.68. The third kappa shape index (κ3) is 9.17. The SMILES string of the molecule is C[C@H](N)C(=O)N[C@@H](CC(N)=O)C(=O)N[C@@H](CC(N)=O)C(=O)NCC(=O)O. The molecule has 0 aromatic rings. The first-order chi connectivity index (χ1) is 11.9. The van der Waals surface area contributed by atoms with Crippen molar-refractivity contribution in [2.24, 2.45) is 17.2 Å². The number of carboxylic acids is 1. The molecular weight excluding hydrogens is 352 g/mol. The first-order valence-electron chi connectivity index (χ1n) is 7.36. The van der Waals surface area contributed by atoms with Crippen LogP contribution in [0.4, 0.5) is 0 Å². The molecule has 10 N–H and O–H groups in total. The zero-order chi connectivity index (χ0) is 20.4. The second-order valence-corrected chi connectivity index (χ2v) is 5.36. The maximum atomic E-state index is 12.2. The Morgan fingerprint density at radius 3 is 1.65 bits per heavy atom. The van der Waals surface area contributed by atoms with Gasteiger partial charge in [0.25, 0.3) is 0 Å². The molecule has 5 amide bonds. The minimum atomic E-state index is -1.51. The highest BCUT2D eigenvalue weighted by Gasteiger charge is 2.29. The molecule has 146 valence electrons. The van der Waals surface area contributed by atoms with E-state index in [4.69, 9.17) is 22.3 Å². The molecule has 0 rings (SSSR count). The maximum absolute atomic E-state index is 12.2. The van der Waals surface area contributed by atoms with Crippen LogP contribution in [0, 0.1) is 0 Å². The van der Waals surface area contributed by atoms with Crippen LogP contribution in [-0.4, -0.2) is 65.3 Å². The highest BCUT2D eigenvalue weighted by atomic mass is 16.4. The molecule has 0 aliphatic heterocycles. The van der Waals surface area contributed by atoms with E-state index in [1.54, 1.807) is 0 Å². The zero-order valence-corrected chi connectivity index (χ0v) is 14.0. The summed E-state index contributed by atoms with van der Waals surface area (Å²) in [5.41, 5.74) is 15.4. The van der Waals surface area contributed by atoms with Crippen LogP contribution < -0.4 is 33.2 Å². The Morgan fingerprint density at radius 1 is 0.846 bits per heavy atom. The Hall–Kier alpha value is -3.22. The summed E-state index contributed by atoms with van der Waals surface area (Å²) < 4.78 is 0. The quantitative estimate of drug-likeness (QED) is 0.185. The van der Waals surface area contributed by atoms with Gasteiger partial charge < -0.3 is 38.3 Å². The highest BCUT2D eigenvalue weighted by molar-refractivity contribution is 5.97. The van der Waals surface area contributed by atoms with Crippen LogP contribution in [0.15, 0.2) is 0 Å². The Kier molecular flexibility index (Phi) is 9.29. The molecule has 0 aromatic carbocycles. The van der Waals surface area contributed by atoms with Crippen molar-refractivity contribution >= 4 is 35.5 Å². The number of primary amides is 2. The van der Waals surface area contributed by atoms with Gasteiger partial charge in [0, 0.05) is 0 Å². The van der Waals surface area contributed by atoms with E-state index in [2.05, 4.69) is 10.6 Å². The van der Waals surface area contributed by atoms with Crippen LogP contribution in [0.1, 0.15) is 19.8 Å². The molecular formula is C13H22N6O7. The van der Waals surface area contributed by atoms with Crippen molar-refractivity contribution in [1.29, 1.82) is 0 Å². The van der Waals surface area contributed by atoms with E-state index >= 15 is 0 Å². The molecule has 0 saturated heterocycles. The van der Waals surface area contributed by atoms with Crippen molar-refractivity contribution in [1.82, 2.24) is 16.0 Å². The van der Waals surface area contributed by atoms with Gasteiger partial charge in [-0.15, -0.1) is 0 Å². The summed E-state index contributed by atoms with van der Waals surface area (Å²) >= 11 is 0. The number of carbonyl (C=O) groups excluding carboxylic acids is 5. The number of hydrogen-bond acceptors (Lipinski definition) is 7. The molecule has 3 atom stereocenters. The van der Waals surface area contributed by atoms with Crippen molar-refractivity contribution < 1.29 is 33.9 Å². The lowest BCUT2D eigenvalue weighted by Crippen LogP contribution is -2.57.